The number of anilines is 1. The molecule has 1 saturated heterocycles. The van der Waals surface area contributed by atoms with Crippen LogP contribution in [0.1, 0.15) is 11.1 Å². The van der Waals surface area contributed by atoms with Crippen molar-refractivity contribution < 1.29 is 17.9 Å². The van der Waals surface area contributed by atoms with Crippen molar-refractivity contribution in [3.63, 3.8) is 0 Å². The molecule has 2 aliphatic rings. The fraction of sp³-hybridized carbons (Fsp3) is 0.208. The van der Waals surface area contributed by atoms with Gasteiger partial charge in [0.05, 0.1) is 23.8 Å². The fourth-order valence-electron chi connectivity index (χ4n) is 4.61. The third kappa shape index (κ3) is 2.92. The van der Waals surface area contributed by atoms with E-state index < -0.39 is 21.5 Å². The van der Waals surface area contributed by atoms with E-state index in [0.717, 1.165) is 9.87 Å². The van der Waals surface area contributed by atoms with Gasteiger partial charge < -0.3 is 4.74 Å². The standard InChI is InChI=1S/C24H22N2O4S/c27-23-24(19-9-3-1-4-10-19,25-15-17-30-18-16-25)21-13-7-8-14-22(21)26(23)31(28,29)20-11-5-2-6-12-20/h1-14H,15-18H2. The van der Waals surface area contributed by atoms with Crippen molar-refractivity contribution in [2.45, 2.75) is 10.4 Å². The Morgan fingerprint density at radius 1 is 0.774 bits per heavy atom. The Morgan fingerprint density at radius 3 is 2.03 bits per heavy atom. The van der Waals surface area contributed by atoms with Gasteiger partial charge in [0, 0.05) is 18.7 Å². The summed E-state index contributed by atoms with van der Waals surface area (Å²) in [5.41, 5.74) is 0.586. The number of benzene rings is 3. The highest BCUT2D eigenvalue weighted by Gasteiger charge is 2.59. The van der Waals surface area contributed by atoms with Crippen LogP contribution in [0.15, 0.2) is 89.8 Å². The van der Waals surface area contributed by atoms with E-state index in [1.165, 1.54) is 12.1 Å². The number of morpholine rings is 1. The molecule has 6 nitrogen and oxygen atoms in total. The largest absolute Gasteiger partial charge is 0.379 e. The summed E-state index contributed by atoms with van der Waals surface area (Å²) in [6.45, 7) is 2.01. The molecule has 5 rings (SSSR count). The summed E-state index contributed by atoms with van der Waals surface area (Å²) in [7, 11) is -4.09. The summed E-state index contributed by atoms with van der Waals surface area (Å²) in [6.07, 6.45) is 0. The Morgan fingerprint density at radius 2 is 1.35 bits per heavy atom. The molecule has 158 valence electrons. The van der Waals surface area contributed by atoms with Gasteiger partial charge in [-0.2, -0.15) is 0 Å². The summed E-state index contributed by atoms with van der Waals surface area (Å²) in [5.74, 6) is -0.481. The first-order valence-electron chi connectivity index (χ1n) is 10.2. The molecule has 0 aliphatic carbocycles. The smallest absolute Gasteiger partial charge is 0.270 e. The Bertz CT molecular complexity index is 1210. The van der Waals surface area contributed by atoms with E-state index in [-0.39, 0.29) is 4.90 Å². The molecule has 2 aliphatic heterocycles. The Labute approximate surface area is 181 Å². The van der Waals surface area contributed by atoms with E-state index in [4.69, 9.17) is 4.74 Å². The van der Waals surface area contributed by atoms with Crippen LogP contribution >= 0.6 is 0 Å². The third-order valence-electron chi connectivity index (χ3n) is 5.97. The number of carbonyl (C=O) groups excluding carboxylic acids is 1. The van der Waals surface area contributed by atoms with Gasteiger partial charge in [-0.25, -0.2) is 12.7 Å². The lowest BCUT2D eigenvalue weighted by atomic mass is 9.82. The SMILES string of the molecule is O=C1N(S(=O)(=O)c2ccccc2)c2ccccc2C1(c1ccccc1)N1CCOCC1. The van der Waals surface area contributed by atoms with Crippen molar-refractivity contribution in [1.82, 2.24) is 4.90 Å². The molecular formula is C24H22N2O4S. The Balaban J connectivity index is 1.78. The maximum absolute atomic E-state index is 14.3. The molecule has 0 saturated carbocycles. The van der Waals surface area contributed by atoms with Crippen LogP contribution in [0.4, 0.5) is 5.69 Å². The van der Waals surface area contributed by atoms with Crippen molar-refractivity contribution >= 4 is 21.6 Å². The Hall–Kier alpha value is -3.00. The molecule has 1 amide bonds. The molecule has 0 aromatic heterocycles. The zero-order valence-corrected chi connectivity index (χ0v) is 17.7. The molecular weight excluding hydrogens is 412 g/mol. The van der Waals surface area contributed by atoms with E-state index in [0.29, 0.717) is 37.6 Å². The lowest BCUT2D eigenvalue weighted by Gasteiger charge is -2.42. The summed E-state index contributed by atoms with van der Waals surface area (Å²) in [5, 5.41) is 0. The normalized spacial score (nSPS) is 21.8. The monoisotopic (exact) mass is 434 g/mol. The van der Waals surface area contributed by atoms with Gasteiger partial charge in [0.1, 0.15) is 0 Å². The van der Waals surface area contributed by atoms with Crippen molar-refractivity contribution in [2.24, 2.45) is 0 Å². The summed E-state index contributed by atoms with van der Waals surface area (Å²) in [4.78, 5) is 16.4. The van der Waals surface area contributed by atoms with Gasteiger partial charge in [-0.15, -0.1) is 0 Å². The summed E-state index contributed by atoms with van der Waals surface area (Å²) in [6, 6.07) is 24.7. The van der Waals surface area contributed by atoms with E-state index in [2.05, 4.69) is 0 Å². The molecule has 0 bridgehead atoms. The van der Waals surface area contributed by atoms with E-state index in [9.17, 15) is 13.2 Å². The van der Waals surface area contributed by atoms with Crippen LogP contribution in [0.5, 0.6) is 0 Å². The minimum Gasteiger partial charge on any atom is -0.379 e. The first-order valence-corrected chi connectivity index (χ1v) is 11.6. The number of carbonyl (C=O) groups is 1. The molecule has 3 aromatic carbocycles. The number of para-hydroxylation sites is 1. The average Bonchev–Trinajstić information content (AvgIpc) is 3.10. The molecule has 1 unspecified atom stereocenters. The quantitative estimate of drug-likeness (QED) is 0.632. The van der Waals surface area contributed by atoms with Crippen LogP contribution in [-0.4, -0.2) is 45.5 Å². The second kappa shape index (κ2) is 7.60. The van der Waals surface area contributed by atoms with Crippen molar-refractivity contribution in [2.75, 3.05) is 30.6 Å². The number of nitrogens with zero attached hydrogens (tertiary/aromatic N) is 2. The highest BCUT2D eigenvalue weighted by atomic mass is 32.2. The van der Waals surface area contributed by atoms with Crippen LogP contribution in [0.25, 0.3) is 0 Å². The maximum Gasteiger partial charge on any atom is 0.270 e. The summed E-state index contributed by atoms with van der Waals surface area (Å²) >= 11 is 0. The van der Waals surface area contributed by atoms with Crippen LogP contribution in [0.2, 0.25) is 0 Å². The van der Waals surface area contributed by atoms with Gasteiger partial charge in [-0.05, 0) is 23.8 Å². The third-order valence-corrected chi connectivity index (χ3v) is 7.68. The van der Waals surface area contributed by atoms with Gasteiger partial charge in [0.2, 0.25) is 0 Å². The molecule has 31 heavy (non-hydrogen) atoms. The summed E-state index contributed by atoms with van der Waals surface area (Å²) < 4.78 is 33.9. The fourth-order valence-corrected chi connectivity index (χ4v) is 6.09. The number of rotatable bonds is 4. The molecule has 1 atom stereocenters. The second-order valence-corrected chi connectivity index (χ2v) is 9.37. The number of sulfonamides is 1. The number of amides is 1. The van der Waals surface area contributed by atoms with Crippen molar-refractivity contribution in [1.29, 1.82) is 0 Å². The molecule has 0 spiro atoms. The van der Waals surface area contributed by atoms with Gasteiger partial charge >= 0.3 is 0 Å². The number of fused-ring (bicyclic) bond motifs is 1. The lowest BCUT2D eigenvalue weighted by molar-refractivity contribution is -0.129. The molecule has 3 aromatic rings. The second-order valence-electron chi connectivity index (χ2n) is 7.58. The minimum atomic E-state index is -4.09. The van der Waals surface area contributed by atoms with Crippen LogP contribution < -0.4 is 4.31 Å². The number of hydrogen-bond donors (Lipinski definition) is 0. The molecule has 0 radical (unpaired) electrons. The van der Waals surface area contributed by atoms with E-state index in [1.807, 2.05) is 47.4 Å². The first kappa shape index (κ1) is 19.9. The topological polar surface area (TPSA) is 66.9 Å². The highest BCUT2D eigenvalue weighted by Crippen LogP contribution is 2.50. The average molecular weight is 435 g/mol. The molecule has 1 fully saturated rings. The van der Waals surface area contributed by atoms with Gasteiger partial charge in [-0.1, -0.05) is 66.7 Å². The van der Waals surface area contributed by atoms with E-state index in [1.54, 1.807) is 30.3 Å². The predicted molar refractivity (Wildman–Crippen MR) is 117 cm³/mol. The van der Waals surface area contributed by atoms with Crippen LogP contribution in [0.3, 0.4) is 0 Å². The zero-order chi connectivity index (χ0) is 21.5. The van der Waals surface area contributed by atoms with Crippen molar-refractivity contribution in [3.8, 4) is 0 Å². The number of hydrogen-bond acceptors (Lipinski definition) is 5. The zero-order valence-electron chi connectivity index (χ0n) is 16.8. The van der Waals surface area contributed by atoms with Crippen LogP contribution in [0, 0.1) is 0 Å². The van der Waals surface area contributed by atoms with Gasteiger partial charge in [0.15, 0.2) is 5.54 Å². The lowest BCUT2D eigenvalue weighted by Crippen LogP contribution is -2.57. The molecule has 2 heterocycles. The number of ether oxygens (including phenoxy) is 1. The van der Waals surface area contributed by atoms with Gasteiger partial charge in [0.25, 0.3) is 15.9 Å². The van der Waals surface area contributed by atoms with Gasteiger partial charge in [-0.3, -0.25) is 9.69 Å². The highest BCUT2D eigenvalue weighted by molar-refractivity contribution is 7.93. The predicted octanol–water partition coefficient (Wildman–Crippen LogP) is 3.00. The Kier molecular flexibility index (Phi) is 4.89. The molecule has 7 heteroatoms. The van der Waals surface area contributed by atoms with Crippen molar-refractivity contribution in [3.05, 3.63) is 96.1 Å². The van der Waals surface area contributed by atoms with E-state index >= 15 is 0 Å². The van der Waals surface area contributed by atoms with Crippen LogP contribution in [-0.2, 0) is 25.1 Å². The molecule has 0 N–H and O–H groups in total. The maximum atomic E-state index is 14.3. The minimum absolute atomic E-state index is 0.0870. The first-order chi connectivity index (χ1) is 15.1.